The first kappa shape index (κ1) is 31.6. The van der Waals surface area contributed by atoms with Crippen molar-refractivity contribution in [3.63, 3.8) is 0 Å². The van der Waals surface area contributed by atoms with Crippen molar-refractivity contribution in [2.45, 2.75) is 20.8 Å². The number of carbonyl (C=O) groups excluding carboxylic acids is 2. The number of benzene rings is 3. The lowest BCUT2D eigenvalue weighted by atomic mass is 10.1. The number of carbonyl (C=O) groups is 2. The van der Waals surface area contributed by atoms with Gasteiger partial charge in [-0.05, 0) is 146 Å². The Morgan fingerprint density at radius 2 is 1.78 bits per heavy atom. The lowest BCUT2D eigenvalue weighted by Crippen LogP contribution is -2.23. The largest absolute Gasteiger partial charge is 0.490 e. The Morgan fingerprint density at radius 3 is 2.49 bits per heavy atom. The molecule has 0 radical (unpaired) electrons. The Bertz CT molecular complexity index is 1600. The summed E-state index contributed by atoms with van der Waals surface area (Å²) in [6, 6.07) is 12.8. The number of aryl methyl sites for hydroxylation is 2. The van der Waals surface area contributed by atoms with Crippen LogP contribution in [-0.4, -0.2) is 42.1 Å². The van der Waals surface area contributed by atoms with Gasteiger partial charge >= 0.3 is 0 Å². The molecule has 41 heavy (non-hydrogen) atoms. The smallest absolute Gasteiger partial charge is 0.266 e. The molecule has 1 saturated heterocycles. The predicted molar refractivity (Wildman–Crippen MR) is 178 cm³/mol. The van der Waals surface area contributed by atoms with E-state index < -0.39 is 0 Å². The number of hydrogen-bond donors (Lipinski definition) is 1. The highest BCUT2D eigenvalue weighted by molar-refractivity contribution is 9.11. The molecule has 0 aliphatic carbocycles. The summed E-state index contributed by atoms with van der Waals surface area (Å²) in [5.41, 5.74) is 4.21. The van der Waals surface area contributed by atoms with Gasteiger partial charge in [0.1, 0.15) is 0 Å². The Hall–Kier alpha value is -2.31. The van der Waals surface area contributed by atoms with Crippen LogP contribution in [0.1, 0.15) is 23.6 Å². The van der Waals surface area contributed by atoms with E-state index in [1.54, 1.807) is 31.3 Å². The number of thioether (sulfide) groups is 1. The zero-order chi connectivity index (χ0) is 29.8. The summed E-state index contributed by atoms with van der Waals surface area (Å²) in [7, 11) is 1.68. The SMILES string of the molecule is CCOc1cc(/C=C2/SC(=Nc3ccc(Br)c(Cl)c3)N(C)C2=O)cc(Br)c1OCC(=O)Nc1cc(C)c(C)cc1Br. The van der Waals surface area contributed by atoms with Crippen LogP contribution in [0.4, 0.5) is 11.4 Å². The number of likely N-dealkylation sites (N-methyl/N-ethyl adjacent to an activating group) is 1. The number of rotatable bonds is 8. The number of anilines is 1. The Kier molecular flexibility index (Phi) is 10.6. The summed E-state index contributed by atoms with van der Waals surface area (Å²) in [5, 5.41) is 3.94. The molecule has 0 spiro atoms. The van der Waals surface area contributed by atoms with Crippen LogP contribution < -0.4 is 14.8 Å². The van der Waals surface area contributed by atoms with Gasteiger partial charge < -0.3 is 14.8 Å². The van der Waals surface area contributed by atoms with Gasteiger partial charge in [-0.25, -0.2) is 4.99 Å². The fraction of sp³-hybridized carbons (Fsp3) is 0.207. The number of amides is 2. The number of nitrogens with one attached hydrogen (secondary N) is 1. The van der Waals surface area contributed by atoms with Crippen LogP contribution in [0.5, 0.6) is 11.5 Å². The van der Waals surface area contributed by atoms with Crippen molar-refractivity contribution in [2.75, 3.05) is 25.6 Å². The fourth-order valence-corrected chi connectivity index (χ4v) is 6.28. The number of nitrogens with zero attached hydrogens (tertiary/aromatic N) is 2. The van der Waals surface area contributed by atoms with Gasteiger partial charge in [0.05, 0.1) is 32.4 Å². The molecule has 0 saturated carbocycles. The molecule has 1 aliphatic rings. The summed E-state index contributed by atoms with van der Waals surface area (Å²) < 4.78 is 13.8. The van der Waals surface area contributed by atoms with E-state index in [4.69, 9.17) is 21.1 Å². The lowest BCUT2D eigenvalue weighted by Gasteiger charge is -2.15. The number of amidine groups is 1. The highest BCUT2D eigenvalue weighted by Gasteiger charge is 2.30. The van der Waals surface area contributed by atoms with Crippen LogP contribution >= 0.6 is 71.2 Å². The molecule has 7 nitrogen and oxygen atoms in total. The monoisotopic (exact) mass is 783 g/mol. The second-order valence-corrected chi connectivity index (χ2v) is 13.0. The van der Waals surface area contributed by atoms with Crippen LogP contribution in [0.3, 0.4) is 0 Å². The molecule has 1 heterocycles. The fourth-order valence-electron chi connectivity index (χ4n) is 3.74. The summed E-state index contributed by atoms with van der Waals surface area (Å²) in [4.78, 5) is 32.3. The van der Waals surface area contributed by atoms with Crippen molar-refractivity contribution in [3.05, 3.63) is 82.5 Å². The van der Waals surface area contributed by atoms with Gasteiger partial charge in [0.2, 0.25) is 0 Å². The third-order valence-corrected chi connectivity index (χ3v) is 9.50. The van der Waals surface area contributed by atoms with Crippen molar-refractivity contribution >= 4 is 106 Å². The van der Waals surface area contributed by atoms with Gasteiger partial charge in [-0.3, -0.25) is 14.5 Å². The maximum atomic E-state index is 13.0. The Morgan fingerprint density at radius 1 is 1.05 bits per heavy atom. The number of ether oxygens (including phenoxy) is 2. The van der Waals surface area contributed by atoms with Gasteiger partial charge in [0, 0.05) is 16.0 Å². The van der Waals surface area contributed by atoms with Gasteiger partial charge in [-0.2, -0.15) is 0 Å². The first-order valence-corrected chi connectivity index (χ1v) is 15.9. The molecule has 4 rings (SSSR count). The second kappa shape index (κ2) is 13.8. The van der Waals surface area contributed by atoms with E-state index in [0.717, 1.165) is 20.1 Å². The van der Waals surface area contributed by atoms with Gasteiger partial charge in [0.15, 0.2) is 23.3 Å². The normalized spacial score (nSPS) is 15.1. The zero-order valence-electron chi connectivity index (χ0n) is 22.5. The van der Waals surface area contributed by atoms with E-state index in [9.17, 15) is 9.59 Å². The zero-order valence-corrected chi connectivity index (χ0v) is 28.8. The second-order valence-electron chi connectivity index (χ2n) is 8.98. The van der Waals surface area contributed by atoms with Crippen molar-refractivity contribution in [3.8, 4) is 11.5 Å². The van der Waals surface area contributed by atoms with Gasteiger partial charge in [-0.1, -0.05) is 11.6 Å². The Labute approximate surface area is 273 Å². The van der Waals surface area contributed by atoms with Crippen LogP contribution in [-0.2, 0) is 9.59 Å². The van der Waals surface area contributed by atoms with Crippen molar-refractivity contribution in [1.29, 1.82) is 0 Å². The molecule has 0 unspecified atom stereocenters. The molecule has 3 aromatic carbocycles. The Balaban J connectivity index is 1.52. The molecule has 1 N–H and O–H groups in total. The maximum Gasteiger partial charge on any atom is 0.266 e. The van der Waals surface area contributed by atoms with Crippen LogP contribution in [0.25, 0.3) is 6.08 Å². The van der Waals surface area contributed by atoms with E-state index in [1.165, 1.54) is 16.7 Å². The summed E-state index contributed by atoms with van der Waals surface area (Å²) in [6.45, 7) is 6.01. The third kappa shape index (κ3) is 7.75. The molecule has 1 aliphatic heterocycles. The maximum absolute atomic E-state index is 13.0. The minimum absolute atomic E-state index is 0.180. The van der Waals surface area contributed by atoms with Crippen LogP contribution in [0.15, 0.2) is 65.8 Å². The van der Waals surface area contributed by atoms with Crippen molar-refractivity contribution in [1.82, 2.24) is 4.90 Å². The average molecular weight is 787 g/mol. The molecule has 12 heteroatoms. The van der Waals surface area contributed by atoms with Crippen molar-refractivity contribution < 1.29 is 19.1 Å². The van der Waals surface area contributed by atoms with Gasteiger partial charge in [-0.15, -0.1) is 0 Å². The quantitative estimate of drug-likeness (QED) is 0.231. The summed E-state index contributed by atoms with van der Waals surface area (Å²) >= 11 is 17.9. The topological polar surface area (TPSA) is 80.2 Å². The standard InChI is InChI=1S/C29H25Br3ClN3O4S/c1-5-39-24-11-17(12-25-28(38)36(4)29(41-25)34-18-6-7-19(30)22(33)13-18)10-21(32)27(24)40-14-26(37)35-23-9-16(3)15(2)8-20(23)31/h6-13H,5,14H2,1-4H3,(H,35,37)/b25-12+,34-29?. The molecular formula is C29H25Br3ClN3O4S. The van der Waals surface area contributed by atoms with E-state index in [2.05, 4.69) is 58.1 Å². The molecule has 2 amide bonds. The first-order chi connectivity index (χ1) is 19.5. The average Bonchev–Trinajstić information content (AvgIpc) is 3.16. The molecule has 214 valence electrons. The summed E-state index contributed by atoms with van der Waals surface area (Å²) in [5.74, 6) is 0.334. The van der Waals surface area contributed by atoms with Gasteiger partial charge in [0.25, 0.3) is 11.8 Å². The number of halogens is 4. The van der Waals surface area contributed by atoms with Crippen LogP contribution in [0, 0.1) is 13.8 Å². The van der Waals surface area contributed by atoms with Crippen molar-refractivity contribution in [2.24, 2.45) is 4.99 Å². The van der Waals surface area contributed by atoms with E-state index >= 15 is 0 Å². The lowest BCUT2D eigenvalue weighted by molar-refractivity contribution is -0.121. The van der Waals surface area contributed by atoms with Crippen LogP contribution in [0.2, 0.25) is 5.02 Å². The predicted octanol–water partition coefficient (Wildman–Crippen LogP) is 8.89. The highest BCUT2D eigenvalue weighted by Crippen LogP contribution is 2.40. The van der Waals surface area contributed by atoms with E-state index in [-0.39, 0.29) is 18.4 Å². The number of aliphatic imine (C=N–C) groups is 1. The molecule has 0 aromatic heterocycles. The first-order valence-electron chi connectivity index (χ1n) is 12.3. The third-order valence-electron chi connectivity index (χ3n) is 5.97. The molecular weight excluding hydrogens is 762 g/mol. The molecule has 0 bridgehead atoms. The van der Waals surface area contributed by atoms with E-state index in [1.807, 2.05) is 45.0 Å². The minimum Gasteiger partial charge on any atom is -0.490 e. The molecule has 3 aromatic rings. The highest BCUT2D eigenvalue weighted by atomic mass is 79.9. The minimum atomic E-state index is -0.315. The number of hydrogen-bond acceptors (Lipinski definition) is 6. The summed E-state index contributed by atoms with van der Waals surface area (Å²) in [6.07, 6.45) is 1.77. The van der Waals surface area contributed by atoms with E-state index in [0.29, 0.717) is 54.6 Å². The molecule has 1 fully saturated rings. The molecule has 0 atom stereocenters.